The fourth-order valence-corrected chi connectivity index (χ4v) is 3.96. The highest BCUT2D eigenvalue weighted by Crippen LogP contribution is 2.25. The number of carbonyl (C=O) groups is 1. The molecule has 0 spiro atoms. The van der Waals surface area contributed by atoms with E-state index in [-0.39, 0.29) is 10.5 Å². The van der Waals surface area contributed by atoms with E-state index in [9.17, 15) is 13.2 Å². The number of sulfone groups is 1. The second kappa shape index (κ2) is 6.96. The summed E-state index contributed by atoms with van der Waals surface area (Å²) in [5.41, 5.74) is 0.885. The van der Waals surface area contributed by atoms with Crippen LogP contribution in [0.3, 0.4) is 0 Å². The third-order valence-electron chi connectivity index (χ3n) is 4.28. The summed E-state index contributed by atoms with van der Waals surface area (Å²) < 4.78 is 30.8. The molecule has 1 heterocycles. The Morgan fingerprint density at radius 3 is 2.35 bits per heavy atom. The number of fused-ring (bicyclic) bond motifs is 1. The zero-order valence-electron chi connectivity index (χ0n) is 14.9. The van der Waals surface area contributed by atoms with Crippen LogP contribution in [0.25, 0.3) is 11.0 Å². The first-order valence-corrected chi connectivity index (χ1v) is 9.97. The molecule has 0 aliphatic heterocycles. The Balaban J connectivity index is 1.89. The maximum Gasteiger partial charge on any atom is 0.253 e. The highest BCUT2D eigenvalue weighted by Gasteiger charge is 2.26. The number of benzene rings is 2. The predicted octanol–water partition coefficient (Wildman–Crippen LogP) is 4.11. The maximum atomic E-state index is 12.7. The van der Waals surface area contributed by atoms with E-state index >= 15 is 0 Å². The summed E-state index contributed by atoms with van der Waals surface area (Å²) >= 11 is 0. The molecule has 0 radical (unpaired) electrons. The van der Waals surface area contributed by atoms with E-state index in [0.29, 0.717) is 5.76 Å². The minimum absolute atomic E-state index is 0.0457. The lowest BCUT2D eigenvalue weighted by molar-refractivity contribution is 0.0932. The number of rotatable bonds is 5. The number of furan rings is 1. The summed E-state index contributed by atoms with van der Waals surface area (Å²) in [4.78, 5) is 12.8. The number of nitrogens with one attached hydrogen (secondary N) is 1. The third kappa shape index (κ3) is 3.37. The van der Waals surface area contributed by atoms with Crippen LogP contribution in [0.15, 0.2) is 63.9 Å². The molecule has 1 amide bonds. The molecule has 0 saturated carbocycles. The van der Waals surface area contributed by atoms with Gasteiger partial charge in [-0.1, -0.05) is 30.3 Å². The quantitative estimate of drug-likeness (QED) is 0.732. The van der Waals surface area contributed by atoms with Crippen molar-refractivity contribution in [3.05, 3.63) is 65.9 Å². The summed E-state index contributed by atoms with van der Waals surface area (Å²) in [5.74, 6) is 0.168. The number of para-hydroxylation sites is 1. The molecule has 1 N–H and O–H groups in total. The molecule has 0 saturated heterocycles. The fraction of sp³-hybridized carbons (Fsp3) is 0.250. The number of carbonyl (C=O) groups excluding carboxylic acids is 1. The van der Waals surface area contributed by atoms with Gasteiger partial charge in [-0.25, -0.2) is 8.42 Å². The minimum atomic E-state index is -3.56. The van der Waals surface area contributed by atoms with Crippen molar-refractivity contribution in [2.45, 2.75) is 37.0 Å². The van der Waals surface area contributed by atoms with Crippen molar-refractivity contribution >= 4 is 26.7 Å². The highest BCUT2D eigenvalue weighted by molar-refractivity contribution is 7.92. The molecule has 26 heavy (non-hydrogen) atoms. The van der Waals surface area contributed by atoms with Gasteiger partial charge in [0, 0.05) is 5.39 Å². The van der Waals surface area contributed by atoms with E-state index in [1.54, 1.807) is 32.9 Å². The van der Waals surface area contributed by atoms with Gasteiger partial charge in [0.05, 0.1) is 21.8 Å². The van der Waals surface area contributed by atoms with Crippen molar-refractivity contribution in [1.82, 2.24) is 5.32 Å². The van der Waals surface area contributed by atoms with Gasteiger partial charge >= 0.3 is 0 Å². The molecular weight excluding hydrogens is 350 g/mol. The lowest BCUT2D eigenvalue weighted by Gasteiger charge is -2.15. The summed E-state index contributed by atoms with van der Waals surface area (Å²) in [6, 6.07) is 15.3. The zero-order chi connectivity index (χ0) is 18.9. The average molecular weight is 371 g/mol. The van der Waals surface area contributed by atoms with Crippen molar-refractivity contribution in [2.24, 2.45) is 0 Å². The van der Waals surface area contributed by atoms with Gasteiger partial charge < -0.3 is 9.73 Å². The second-order valence-electron chi connectivity index (χ2n) is 6.47. The maximum absolute atomic E-state index is 12.7. The minimum Gasteiger partial charge on any atom is -0.459 e. The van der Waals surface area contributed by atoms with Crippen LogP contribution in [0, 0.1) is 0 Å². The number of hydrogen-bond acceptors (Lipinski definition) is 4. The van der Waals surface area contributed by atoms with E-state index in [0.717, 1.165) is 11.0 Å². The van der Waals surface area contributed by atoms with Crippen LogP contribution >= 0.6 is 0 Å². The van der Waals surface area contributed by atoms with Crippen molar-refractivity contribution < 1.29 is 17.6 Å². The fourth-order valence-electron chi connectivity index (χ4n) is 2.72. The van der Waals surface area contributed by atoms with E-state index in [1.165, 1.54) is 12.1 Å². The first-order valence-electron chi connectivity index (χ1n) is 8.43. The molecule has 3 rings (SSSR count). The smallest absolute Gasteiger partial charge is 0.253 e. The summed E-state index contributed by atoms with van der Waals surface area (Å²) in [6.07, 6.45) is 0. The van der Waals surface area contributed by atoms with E-state index in [1.807, 2.05) is 30.3 Å². The SMILES string of the molecule is CC(NC(=O)c1ccccc1S(=O)(=O)C(C)C)c1cc2ccccc2o1. The zero-order valence-corrected chi connectivity index (χ0v) is 15.7. The van der Waals surface area contributed by atoms with Gasteiger partial charge in [0.25, 0.3) is 5.91 Å². The average Bonchev–Trinajstić information content (AvgIpc) is 3.06. The monoisotopic (exact) mass is 371 g/mol. The van der Waals surface area contributed by atoms with Crippen LogP contribution in [0.4, 0.5) is 0 Å². The third-order valence-corrected chi connectivity index (χ3v) is 6.49. The summed E-state index contributed by atoms with van der Waals surface area (Å²) in [5, 5.41) is 3.17. The molecule has 5 nitrogen and oxygen atoms in total. The van der Waals surface area contributed by atoms with Gasteiger partial charge in [0.15, 0.2) is 9.84 Å². The highest BCUT2D eigenvalue weighted by atomic mass is 32.2. The van der Waals surface area contributed by atoms with Gasteiger partial charge in [-0.05, 0) is 45.0 Å². The van der Waals surface area contributed by atoms with Crippen LogP contribution in [0.5, 0.6) is 0 Å². The van der Waals surface area contributed by atoms with E-state index < -0.39 is 27.0 Å². The van der Waals surface area contributed by atoms with Crippen LogP contribution in [-0.4, -0.2) is 19.6 Å². The molecular formula is C20H21NO4S. The molecule has 0 bridgehead atoms. The molecule has 2 aromatic carbocycles. The van der Waals surface area contributed by atoms with Gasteiger partial charge in [-0.3, -0.25) is 4.79 Å². The molecule has 136 valence electrons. The van der Waals surface area contributed by atoms with Crippen LogP contribution < -0.4 is 5.32 Å². The van der Waals surface area contributed by atoms with Crippen LogP contribution in [0.1, 0.15) is 42.9 Å². The second-order valence-corrected chi connectivity index (χ2v) is 8.94. The largest absolute Gasteiger partial charge is 0.459 e. The van der Waals surface area contributed by atoms with Gasteiger partial charge in [-0.2, -0.15) is 0 Å². The van der Waals surface area contributed by atoms with Crippen molar-refractivity contribution in [1.29, 1.82) is 0 Å². The van der Waals surface area contributed by atoms with Crippen molar-refractivity contribution in [3.8, 4) is 0 Å². The first-order chi connectivity index (χ1) is 12.3. The first kappa shape index (κ1) is 18.2. The molecule has 6 heteroatoms. The molecule has 0 aliphatic rings. The normalized spacial score (nSPS) is 13.1. The van der Waals surface area contributed by atoms with Gasteiger partial charge in [0.1, 0.15) is 11.3 Å². The Morgan fingerprint density at radius 1 is 1.00 bits per heavy atom. The predicted molar refractivity (Wildman–Crippen MR) is 101 cm³/mol. The van der Waals surface area contributed by atoms with Crippen molar-refractivity contribution in [3.63, 3.8) is 0 Å². The molecule has 0 fully saturated rings. The van der Waals surface area contributed by atoms with E-state index in [4.69, 9.17) is 4.42 Å². The van der Waals surface area contributed by atoms with Crippen LogP contribution in [-0.2, 0) is 9.84 Å². The van der Waals surface area contributed by atoms with Crippen molar-refractivity contribution in [2.75, 3.05) is 0 Å². The van der Waals surface area contributed by atoms with Gasteiger partial charge in [-0.15, -0.1) is 0 Å². The summed E-state index contributed by atoms with van der Waals surface area (Å²) in [6.45, 7) is 5.00. The Kier molecular flexibility index (Phi) is 4.87. The standard InChI is InChI=1S/C20H21NO4S/c1-13(2)26(23,24)19-11-7-5-9-16(19)20(22)21-14(3)18-12-15-8-4-6-10-17(15)25-18/h4-14H,1-3H3,(H,21,22). The number of hydrogen-bond donors (Lipinski definition) is 1. The van der Waals surface area contributed by atoms with E-state index in [2.05, 4.69) is 5.32 Å². The molecule has 1 atom stereocenters. The number of amides is 1. The molecule has 3 aromatic rings. The molecule has 1 aromatic heterocycles. The Bertz CT molecular complexity index is 1020. The van der Waals surface area contributed by atoms with Gasteiger partial charge in [0.2, 0.25) is 0 Å². The topological polar surface area (TPSA) is 76.4 Å². The lowest BCUT2D eigenvalue weighted by atomic mass is 10.1. The Hall–Kier alpha value is -2.60. The van der Waals surface area contributed by atoms with Crippen LogP contribution in [0.2, 0.25) is 0 Å². The molecule has 0 aliphatic carbocycles. The molecule has 1 unspecified atom stereocenters. The summed E-state index contributed by atoms with van der Waals surface area (Å²) in [7, 11) is -3.56. The Labute approximate surface area is 152 Å². The lowest BCUT2D eigenvalue weighted by Crippen LogP contribution is -2.28. The Morgan fingerprint density at radius 2 is 1.65 bits per heavy atom.